The zero-order valence-electron chi connectivity index (χ0n) is 20.1. The van der Waals surface area contributed by atoms with Crippen LogP contribution in [-0.2, 0) is 6.54 Å². The van der Waals surface area contributed by atoms with Gasteiger partial charge in [0.2, 0.25) is 0 Å². The molecule has 7 heteroatoms. The Hall–Kier alpha value is -3.47. The summed E-state index contributed by atoms with van der Waals surface area (Å²) in [6.45, 7) is 2.97. The first-order valence-electron chi connectivity index (χ1n) is 11.9. The van der Waals surface area contributed by atoms with Crippen LogP contribution in [0.4, 0.5) is 5.69 Å². The summed E-state index contributed by atoms with van der Waals surface area (Å²) in [5, 5.41) is 9.13. The van der Waals surface area contributed by atoms with Crippen molar-refractivity contribution in [3.8, 4) is 34.4 Å². The summed E-state index contributed by atoms with van der Waals surface area (Å²) < 4.78 is 4.51. The minimum atomic E-state index is 0. The SMILES string of the molecule is CN(C)[C@H]1CCCN(c2ccc3c(c2)Cn2cc(-c4ccc(C#N)cc4)cc2-c2nccn2-3)C1.S. The van der Waals surface area contributed by atoms with Gasteiger partial charge in [0.05, 0.1) is 23.0 Å². The third kappa shape index (κ3) is 4.13. The molecule has 4 aromatic rings. The van der Waals surface area contributed by atoms with Crippen LogP contribution in [0.2, 0.25) is 0 Å². The summed E-state index contributed by atoms with van der Waals surface area (Å²) >= 11 is 0. The summed E-state index contributed by atoms with van der Waals surface area (Å²) in [4.78, 5) is 9.60. The smallest absolute Gasteiger partial charge is 0.161 e. The molecule has 35 heavy (non-hydrogen) atoms. The number of nitrogens with zero attached hydrogens (tertiary/aromatic N) is 6. The first-order chi connectivity index (χ1) is 16.6. The van der Waals surface area contributed by atoms with Gasteiger partial charge in [0.1, 0.15) is 0 Å². The van der Waals surface area contributed by atoms with Crippen molar-refractivity contribution in [3.63, 3.8) is 0 Å². The van der Waals surface area contributed by atoms with E-state index in [2.05, 4.69) is 75.8 Å². The van der Waals surface area contributed by atoms with E-state index in [0.29, 0.717) is 11.6 Å². The number of benzene rings is 2. The molecular weight excluding hydrogens is 452 g/mol. The van der Waals surface area contributed by atoms with Crippen molar-refractivity contribution in [2.75, 3.05) is 32.1 Å². The Morgan fingerprint density at radius 2 is 1.89 bits per heavy atom. The lowest BCUT2D eigenvalue weighted by Gasteiger charge is -2.37. The molecule has 0 saturated carbocycles. The highest BCUT2D eigenvalue weighted by Crippen LogP contribution is 2.35. The van der Waals surface area contributed by atoms with Crippen LogP contribution in [0, 0.1) is 11.3 Å². The van der Waals surface area contributed by atoms with Gasteiger partial charge >= 0.3 is 0 Å². The number of hydrogen-bond donors (Lipinski definition) is 0. The summed E-state index contributed by atoms with van der Waals surface area (Å²) in [5.41, 5.74) is 7.82. The van der Waals surface area contributed by atoms with Crippen molar-refractivity contribution in [1.82, 2.24) is 19.0 Å². The predicted octanol–water partition coefficient (Wildman–Crippen LogP) is 4.88. The van der Waals surface area contributed by atoms with Gasteiger partial charge in [-0.3, -0.25) is 4.57 Å². The van der Waals surface area contributed by atoms with Crippen molar-refractivity contribution >= 4 is 19.2 Å². The number of likely N-dealkylation sites (N-methyl/N-ethyl adjacent to an activating group) is 1. The second kappa shape index (κ2) is 9.29. The maximum Gasteiger partial charge on any atom is 0.161 e. The lowest BCUT2D eigenvalue weighted by molar-refractivity contribution is 0.258. The molecule has 2 aliphatic heterocycles. The fraction of sp³-hybridized carbons (Fsp3) is 0.286. The number of imidazole rings is 1. The van der Waals surface area contributed by atoms with Crippen LogP contribution in [0.5, 0.6) is 0 Å². The highest BCUT2D eigenvalue weighted by atomic mass is 32.1. The number of nitriles is 1. The second-order valence-corrected chi connectivity index (χ2v) is 9.57. The Labute approximate surface area is 213 Å². The predicted molar refractivity (Wildman–Crippen MR) is 146 cm³/mol. The molecular formula is C28H30N6S. The number of fused-ring (bicyclic) bond motifs is 5. The molecule has 6 nitrogen and oxygen atoms in total. The largest absolute Gasteiger partial charge is 0.370 e. The van der Waals surface area contributed by atoms with Gasteiger partial charge in [-0.05, 0) is 74.5 Å². The standard InChI is InChI=1S/C28H28N6.H2S/c1-31(2)25-4-3-12-32(19-25)24-9-10-26-23(14-24)18-33-17-22(21-7-5-20(16-29)6-8-21)15-27(33)28-30-11-13-34(26)28;/h5-11,13-15,17,25H,3-4,12,18-19H2,1-2H3;1H2/t25-;/m0./s1. The van der Waals surface area contributed by atoms with Crippen LogP contribution < -0.4 is 4.90 Å². The molecule has 0 amide bonds. The van der Waals surface area contributed by atoms with Crippen LogP contribution in [-0.4, -0.2) is 52.2 Å². The van der Waals surface area contributed by atoms with Crippen molar-refractivity contribution in [2.24, 2.45) is 0 Å². The maximum atomic E-state index is 9.13. The summed E-state index contributed by atoms with van der Waals surface area (Å²) in [6.07, 6.45) is 8.63. The summed E-state index contributed by atoms with van der Waals surface area (Å²) in [6, 6.07) is 19.7. The van der Waals surface area contributed by atoms with Crippen LogP contribution in [0.1, 0.15) is 24.0 Å². The van der Waals surface area contributed by atoms with Gasteiger partial charge in [-0.15, -0.1) is 0 Å². The molecule has 1 fully saturated rings. The van der Waals surface area contributed by atoms with Crippen LogP contribution in [0.25, 0.3) is 28.3 Å². The quantitative estimate of drug-likeness (QED) is 0.368. The van der Waals surface area contributed by atoms with E-state index >= 15 is 0 Å². The number of aromatic nitrogens is 3. The Morgan fingerprint density at radius 1 is 1.06 bits per heavy atom. The molecule has 0 radical (unpaired) electrons. The summed E-state index contributed by atoms with van der Waals surface area (Å²) in [5.74, 6) is 0.956. The number of hydrogen-bond acceptors (Lipinski definition) is 4. The molecule has 0 aliphatic carbocycles. The van der Waals surface area contributed by atoms with E-state index in [-0.39, 0.29) is 13.5 Å². The van der Waals surface area contributed by atoms with Crippen LogP contribution in [0.3, 0.4) is 0 Å². The lowest BCUT2D eigenvalue weighted by atomic mass is 10.0. The van der Waals surface area contributed by atoms with Gasteiger partial charge in [0.25, 0.3) is 0 Å². The van der Waals surface area contributed by atoms with E-state index in [0.717, 1.165) is 42.3 Å². The van der Waals surface area contributed by atoms with Crippen molar-refractivity contribution in [1.29, 1.82) is 5.26 Å². The molecule has 2 aromatic carbocycles. The molecule has 2 aliphatic rings. The molecule has 2 aromatic heterocycles. The van der Waals surface area contributed by atoms with Gasteiger partial charge in [-0.1, -0.05) is 12.1 Å². The Kier molecular flexibility index (Phi) is 6.18. The number of piperidine rings is 1. The molecule has 4 heterocycles. The third-order valence-electron chi connectivity index (χ3n) is 7.27. The Balaban J connectivity index is 0.00000253. The highest BCUT2D eigenvalue weighted by molar-refractivity contribution is 7.59. The molecule has 1 saturated heterocycles. The zero-order chi connectivity index (χ0) is 23.2. The number of anilines is 1. The average Bonchev–Trinajstić information content (AvgIpc) is 3.49. The maximum absolute atomic E-state index is 9.13. The highest BCUT2D eigenvalue weighted by Gasteiger charge is 2.25. The van der Waals surface area contributed by atoms with E-state index in [1.54, 1.807) is 0 Å². The van der Waals surface area contributed by atoms with Crippen molar-refractivity contribution in [3.05, 3.63) is 78.2 Å². The minimum Gasteiger partial charge on any atom is -0.370 e. The van der Waals surface area contributed by atoms with Gasteiger partial charge in [-0.25, -0.2) is 4.98 Å². The van der Waals surface area contributed by atoms with E-state index in [1.165, 1.54) is 29.8 Å². The average molecular weight is 483 g/mol. The molecule has 0 spiro atoms. The zero-order valence-corrected chi connectivity index (χ0v) is 21.1. The lowest BCUT2D eigenvalue weighted by Crippen LogP contribution is -2.45. The summed E-state index contributed by atoms with van der Waals surface area (Å²) in [7, 11) is 4.37. The molecule has 178 valence electrons. The van der Waals surface area contributed by atoms with Gasteiger partial charge in [-0.2, -0.15) is 18.8 Å². The first-order valence-corrected chi connectivity index (χ1v) is 11.9. The van der Waals surface area contributed by atoms with Crippen molar-refractivity contribution in [2.45, 2.75) is 25.4 Å². The normalized spacial score (nSPS) is 16.5. The fourth-order valence-corrected chi connectivity index (χ4v) is 5.34. The van der Waals surface area contributed by atoms with E-state index in [1.807, 2.05) is 30.5 Å². The van der Waals surface area contributed by atoms with E-state index in [4.69, 9.17) is 10.2 Å². The van der Waals surface area contributed by atoms with Gasteiger partial charge < -0.3 is 14.4 Å². The first kappa shape index (κ1) is 23.3. The van der Waals surface area contributed by atoms with E-state index < -0.39 is 0 Å². The van der Waals surface area contributed by atoms with Gasteiger partial charge in [0.15, 0.2) is 5.82 Å². The Bertz CT molecular complexity index is 1390. The van der Waals surface area contributed by atoms with Crippen LogP contribution >= 0.6 is 13.5 Å². The molecule has 0 unspecified atom stereocenters. The fourth-order valence-electron chi connectivity index (χ4n) is 5.34. The van der Waals surface area contributed by atoms with Crippen LogP contribution in [0.15, 0.2) is 67.1 Å². The molecule has 6 rings (SSSR count). The molecule has 0 bridgehead atoms. The van der Waals surface area contributed by atoms with Gasteiger partial charge in [0, 0.05) is 55.5 Å². The number of rotatable bonds is 3. The molecule has 1 atom stereocenters. The monoisotopic (exact) mass is 482 g/mol. The Morgan fingerprint density at radius 3 is 2.66 bits per heavy atom. The topological polar surface area (TPSA) is 53.0 Å². The van der Waals surface area contributed by atoms with E-state index in [9.17, 15) is 0 Å². The van der Waals surface area contributed by atoms with Crippen molar-refractivity contribution < 1.29 is 0 Å². The second-order valence-electron chi connectivity index (χ2n) is 9.57. The minimum absolute atomic E-state index is 0. The third-order valence-corrected chi connectivity index (χ3v) is 7.27. The molecule has 0 N–H and O–H groups in total.